The van der Waals surface area contributed by atoms with Crippen LogP contribution in [0.15, 0.2) is 24.3 Å². The summed E-state index contributed by atoms with van der Waals surface area (Å²) in [7, 11) is 0. The predicted molar refractivity (Wildman–Crippen MR) is 70.0 cm³/mol. The van der Waals surface area contributed by atoms with Crippen molar-refractivity contribution in [2.24, 2.45) is 11.7 Å². The van der Waals surface area contributed by atoms with Crippen LogP contribution in [-0.2, 0) is 4.79 Å². The maximum Gasteiger partial charge on any atom is 0.243 e. The van der Waals surface area contributed by atoms with E-state index in [0.717, 1.165) is 24.9 Å². The zero-order valence-electron chi connectivity index (χ0n) is 9.87. The molecule has 2 rings (SSSR count). The molecule has 0 spiro atoms. The lowest BCUT2D eigenvalue weighted by atomic mass is 9.95. The number of rotatable bonds is 3. The van der Waals surface area contributed by atoms with Crippen LogP contribution in [0.25, 0.3) is 0 Å². The second-order valence-corrected chi connectivity index (χ2v) is 5.37. The van der Waals surface area contributed by atoms with Crippen LogP contribution in [0, 0.1) is 5.92 Å². The predicted octanol–water partition coefficient (Wildman–Crippen LogP) is 2.80. The van der Waals surface area contributed by atoms with Gasteiger partial charge in [0.2, 0.25) is 5.91 Å². The normalized spacial score (nSPS) is 28.0. The number of benzene rings is 1. The molecule has 3 nitrogen and oxygen atoms in total. The molecule has 92 valence electrons. The molecule has 0 bridgehead atoms. The van der Waals surface area contributed by atoms with Gasteiger partial charge in [-0.05, 0) is 43.4 Å². The number of amides is 1. The summed E-state index contributed by atoms with van der Waals surface area (Å²) in [6.45, 7) is 2.14. The number of nitrogens with two attached hydrogens (primary N) is 1. The molecule has 0 saturated heterocycles. The van der Waals surface area contributed by atoms with Crippen molar-refractivity contribution in [1.29, 1.82) is 0 Å². The zero-order chi connectivity index (χ0) is 12.5. The molecule has 1 saturated carbocycles. The molecule has 4 heteroatoms. The molecule has 1 aromatic carbocycles. The number of halogens is 1. The van der Waals surface area contributed by atoms with Crippen molar-refractivity contribution in [1.82, 2.24) is 0 Å². The highest BCUT2D eigenvalue weighted by molar-refractivity contribution is 6.30. The highest BCUT2D eigenvalue weighted by Gasteiger charge is 2.42. The first-order valence-electron chi connectivity index (χ1n) is 5.85. The summed E-state index contributed by atoms with van der Waals surface area (Å²) in [5.74, 6) is 0.246. The first kappa shape index (κ1) is 12.2. The van der Waals surface area contributed by atoms with Crippen LogP contribution in [0.1, 0.15) is 26.2 Å². The van der Waals surface area contributed by atoms with E-state index in [0.29, 0.717) is 10.9 Å². The molecule has 0 aliphatic heterocycles. The number of nitrogens with one attached hydrogen (secondary N) is 1. The molecule has 2 atom stereocenters. The second-order valence-electron chi connectivity index (χ2n) is 4.93. The van der Waals surface area contributed by atoms with Crippen LogP contribution in [0.2, 0.25) is 5.02 Å². The summed E-state index contributed by atoms with van der Waals surface area (Å²) in [6, 6.07) is 7.38. The summed E-state index contributed by atoms with van der Waals surface area (Å²) >= 11 is 5.93. The van der Waals surface area contributed by atoms with Gasteiger partial charge in [0.1, 0.15) is 5.54 Å². The van der Waals surface area contributed by atoms with E-state index in [1.54, 1.807) is 6.07 Å². The van der Waals surface area contributed by atoms with Gasteiger partial charge in [0.15, 0.2) is 0 Å². The van der Waals surface area contributed by atoms with Crippen molar-refractivity contribution in [3.05, 3.63) is 29.3 Å². The number of anilines is 1. The Morgan fingerprint density at radius 2 is 2.35 bits per heavy atom. The molecule has 1 aromatic rings. The fourth-order valence-electron chi connectivity index (χ4n) is 2.53. The van der Waals surface area contributed by atoms with E-state index >= 15 is 0 Å². The molecule has 17 heavy (non-hydrogen) atoms. The first-order valence-corrected chi connectivity index (χ1v) is 6.23. The Balaban J connectivity index is 2.22. The third kappa shape index (κ3) is 2.55. The molecule has 0 heterocycles. The van der Waals surface area contributed by atoms with Gasteiger partial charge in [0.25, 0.3) is 0 Å². The van der Waals surface area contributed by atoms with Crippen molar-refractivity contribution >= 4 is 23.2 Å². The van der Waals surface area contributed by atoms with Crippen LogP contribution >= 0.6 is 11.6 Å². The molecule has 3 N–H and O–H groups in total. The fraction of sp³-hybridized carbons (Fsp3) is 0.462. The highest BCUT2D eigenvalue weighted by atomic mass is 35.5. The minimum absolute atomic E-state index is 0.276. The molecule has 1 aliphatic carbocycles. The third-order valence-corrected chi connectivity index (χ3v) is 3.68. The average molecular weight is 253 g/mol. The maximum atomic E-state index is 11.7. The van der Waals surface area contributed by atoms with E-state index < -0.39 is 5.54 Å². The van der Waals surface area contributed by atoms with Gasteiger partial charge < -0.3 is 11.1 Å². The van der Waals surface area contributed by atoms with Crippen LogP contribution in [-0.4, -0.2) is 11.4 Å². The number of carbonyl (C=O) groups is 1. The van der Waals surface area contributed by atoms with Gasteiger partial charge in [0, 0.05) is 10.7 Å². The monoisotopic (exact) mass is 252 g/mol. The lowest BCUT2D eigenvalue weighted by Gasteiger charge is -2.28. The first-order chi connectivity index (χ1) is 8.02. The summed E-state index contributed by atoms with van der Waals surface area (Å²) in [6.07, 6.45) is 2.60. The van der Waals surface area contributed by atoms with E-state index in [4.69, 9.17) is 17.3 Å². The van der Waals surface area contributed by atoms with Gasteiger partial charge in [-0.1, -0.05) is 24.6 Å². The smallest absolute Gasteiger partial charge is 0.243 e. The van der Waals surface area contributed by atoms with Gasteiger partial charge in [0.05, 0.1) is 0 Å². The quantitative estimate of drug-likeness (QED) is 0.869. The number of primary amides is 1. The van der Waals surface area contributed by atoms with Gasteiger partial charge >= 0.3 is 0 Å². The number of carbonyl (C=O) groups excluding carboxylic acids is 1. The van der Waals surface area contributed by atoms with E-state index in [2.05, 4.69) is 12.2 Å². The van der Waals surface area contributed by atoms with Crippen LogP contribution in [0.3, 0.4) is 0 Å². The van der Waals surface area contributed by atoms with Crippen LogP contribution < -0.4 is 11.1 Å². The topological polar surface area (TPSA) is 55.1 Å². The molecular formula is C13H17ClN2O. The SMILES string of the molecule is CC1CCC(Nc2cccc(Cl)c2)(C(N)=O)C1. The van der Waals surface area contributed by atoms with Gasteiger partial charge in [-0.2, -0.15) is 0 Å². The summed E-state index contributed by atoms with van der Waals surface area (Å²) in [4.78, 5) is 11.7. The zero-order valence-corrected chi connectivity index (χ0v) is 10.6. The van der Waals surface area contributed by atoms with Crippen molar-refractivity contribution in [2.75, 3.05) is 5.32 Å². The Bertz CT molecular complexity index is 435. The molecule has 2 unspecified atom stereocenters. The summed E-state index contributed by atoms with van der Waals surface area (Å²) < 4.78 is 0. The Morgan fingerprint density at radius 1 is 1.59 bits per heavy atom. The third-order valence-electron chi connectivity index (χ3n) is 3.44. The number of hydrogen-bond acceptors (Lipinski definition) is 2. The Kier molecular flexibility index (Phi) is 3.29. The Labute approximate surface area is 106 Å². The minimum atomic E-state index is -0.607. The second kappa shape index (κ2) is 4.57. The maximum absolute atomic E-state index is 11.7. The number of hydrogen-bond donors (Lipinski definition) is 2. The molecule has 1 fully saturated rings. The Morgan fingerprint density at radius 3 is 2.88 bits per heavy atom. The van der Waals surface area contributed by atoms with Crippen LogP contribution in [0.4, 0.5) is 5.69 Å². The van der Waals surface area contributed by atoms with Gasteiger partial charge in [-0.3, -0.25) is 4.79 Å². The molecular weight excluding hydrogens is 236 g/mol. The lowest BCUT2D eigenvalue weighted by molar-refractivity contribution is -0.122. The standard InChI is InChI=1S/C13H17ClN2O/c1-9-5-6-13(8-9,12(15)17)16-11-4-2-3-10(14)7-11/h2-4,7,9,16H,5-6,8H2,1H3,(H2,15,17). The molecule has 1 amide bonds. The molecule has 0 aromatic heterocycles. The summed E-state index contributed by atoms with van der Waals surface area (Å²) in [5, 5.41) is 3.92. The van der Waals surface area contributed by atoms with Crippen molar-refractivity contribution in [3.8, 4) is 0 Å². The average Bonchev–Trinajstić information content (AvgIpc) is 2.61. The lowest BCUT2D eigenvalue weighted by Crippen LogP contribution is -2.48. The van der Waals surface area contributed by atoms with Gasteiger partial charge in [-0.25, -0.2) is 0 Å². The van der Waals surface area contributed by atoms with E-state index in [9.17, 15) is 4.79 Å². The van der Waals surface area contributed by atoms with E-state index in [1.807, 2.05) is 18.2 Å². The van der Waals surface area contributed by atoms with Crippen molar-refractivity contribution in [2.45, 2.75) is 31.7 Å². The molecule has 0 radical (unpaired) electrons. The summed E-state index contributed by atoms with van der Waals surface area (Å²) in [5.41, 5.74) is 5.79. The highest BCUT2D eigenvalue weighted by Crippen LogP contribution is 2.37. The van der Waals surface area contributed by atoms with Crippen molar-refractivity contribution in [3.63, 3.8) is 0 Å². The largest absolute Gasteiger partial charge is 0.371 e. The van der Waals surface area contributed by atoms with E-state index in [-0.39, 0.29) is 5.91 Å². The minimum Gasteiger partial charge on any atom is -0.371 e. The fourth-order valence-corrected chi connectivity index (χ4v) is 2.72. The Hall–Kier alpha value is -1.22. The van der Waals surface area contributed by atoms with Crippen LogP contribution in [0.5, 0.6) is 0 Å². The van der Waals surface area contributed by atoms with Gasteiger partial charge in [-0.15, -0.1) is 0 Å². The molecule has 1 aliphatic rings. The van der Waals surface area contributed by atoms with E-state index in [1.165, 1.54) is 0 Å². The van der Waals surface area contributed by atoms with Crippen molar-refractivity contribution < 1.29 is 4.79 Å².